The van der Waals surface area contributed by atoms with E-state index < -0.39 is 20.1 Å². The monoisotopic (exact) mass is 290 g/mol. The number of rotatable bonds is 4. The van der Waals surface area contributed by atoms with Crippen LogP contribution < -0.4 is 9.09 Å². The van der Waals surface area contributed by atoms with Gasteiger partial charge in [0.2, 0.25) is 0 Å². The average molecular weight is 290 g/mol. The third-order valence-corrected chi connectivity index (χ3v) is 3.79. The zero-order valence-electron chi connectivity index (χ0n) is 8.49. The van der Waals surface area contributed by atoms with Crippen LogP contribution in [0.2, 0.25) is 0 Å². The van der Waals surface area contributed by atoms with Gasteiger partial charge in [0, 0.05) is 0 Å². The van der Waals surface area contributed by atoms with Crippen molar-refractivity contribution in [2.45, 2.75) is 0 Å². The van der Waals surface area contributed by atoms with Gasteiger partial charge in [-0.1, -0.05) is 0 Å². The molecule has 0 radical (unpaired) electrons. The molecule has 0 saturated carbocycles. The molecule has 1 rings (SSSR count). The number of ether oxygens (including phenoxy) is 2. The number of esters is 1. The van der Waals surface area contributed by atoms with E-state index in [0.717, 1.165) is 0 Å². The summed E-state index contributed by atoms with van der Waals surface area (Å²) in [6.07, 6.45) is 0. The summed E-state index contributed by atoms with van der Waals surface area (Å²) >= 11 is -4.83. The Morgan fingerprint density at radius 3 is 2.31 bits per heavy atom. The summed E-state index contributed by atoms with van der Waals surface area (Å²) in [7, 11) is 1.24. The first-order valence-corrected chi connectivity index (χ1v) is 7.67. The summed E-state index contributed by atoms with van der Waals surface area (Å²) < 4.78 is 38.0. The SMILES string of the molecule is COC(=O)COc1ccc([As](=O)(O)O)cc1. The zero-order valence-corrected chi connectivity index (χ0v) is 10.4. The fourth-order valence-electron chi connectivity index (χ4n) is 0.938. The molecule has 6 nitrogen and oxygen atoms in total. The Morgan fingerprint density at radius 1 is 1.31 bits per heavy atom. The second-order valence-electron chi connectivity index (χ2n) is 2.90. The van der Waals surface area contributed by atoms with Crippen molar-refractivity contribution in [3.63, 3.8) is 0 Å². The molecule has 1 aromatic carbocycles. The number of hydrogen-bond donors (Lipinski definition) is 2. The maximum absolute atomic E-state index is 10.9. The van der Waals surface area contributed by atoms with Gasteiger partial charge in [0.15, 0.2) is 0 Å². The van der Waals surface area contributed by atoms with Crippen molar-refractivity contribution in [2.75, 3.05) is 13.7 Å². The van der Waals surface area contributed by atoms with Crippen molar-refractivity contribution in [3.05, 3.63) is 24.3 Å². The van der Waals surface area contributed by atoms with Crippen molar-refractivity contribution >= 4 is 24.5 Å². The van der Waals surface area contributed by atoms with Gasteiger partial charge in [-0.3, -0.25) is 0 Å². The summed E-state index contributed by atoms with van der Waals surface area (Å²) in [6.45, 7) is -0.239. The Kier molecular flexibility index (Phi) is 4.18. The number of hydrogen-bond acceptors (Lipinski definition) is 4. The van der Waals surface area contributed by atoms with E-state index in [2.05, 4.69) is 4.74 Å². The van der Waals surface area contributed by atoms with Crippen molar-refractivity contribution in [3.8, 4) is 5.75 Å². The van der Waals surface area contributed by atoms with Gasteiger partial charge in [-0.25, -0.2) is 0 Å². The van der Waals surface area contributed by atoms with Crippen LogP contribution in [0.4, 0.5) is 0 Å². The molecule has 0 aliphatic heterocycles. The normalized spacial score (nSPS) is 10.9. The number of methoxy groups -OCH3 is 1. The number of carbonyl (C=O) groups is 1. The predicted molar refractivity (Wildman–Crippen MR) is 54.5 cm³/mol. The molecule has 0 amide bonds. The summed E-state index contributed by atoms with van der Waals surface area (Å²) in [5.74, 6) is -0.179. The molecule has 16 heavy (non-hydrogen) atoms. The van der Waals surface area contributed by atoms with E-state index in [0.29, 0.717) is 5.75 Å². The van der Waals surface area contributed by atoms with Gasteiger partial charge in [0.1, 0.15) is 0 Å². The van der Waals surface area contributed by atoms with Gasteiger partial charge < -0.3 is 0 Å². The van der Waals surface area contributed by atoms with Crippen LogP contribution in [0.25, 0.3) is 0 Å². The number of benzene rings is 1. The molecule has 1 aromatic rings. The summed E-state index contributed by atoms with van der Waals surface area (Å²) in [4.78, 5) is 10.7. The Balaban J connectivity index is 2.65. The van der Waals surface area contributed by atoms with Crippen LogP contribution in [0.5, 0.6) is 5.75 Å². The third-order valence-electron chi connectivity index (χ3n) is 1.76. The Labute approximate surface area is 94.8 Å². The molecular formula is C9H11AsO6. The molecule has 0 spiro atoms. The standard InChI is InChI=1S/C9H11AsO6/c1-15-9(11)6-16-8-4-2-7(3-5-8)10(12,13)14/h2-5H,6H2,1H3,(H2,12,13,14). The second-order valence-corrected chi connectivity index (χ2v) is 6.27. The fraction of sp³-hybridized carbons (Fsp3) is 0.222. The predicted octanol–water partition coefficient (Wildman–Crippen LogP) is -1.20. The first kappa shape index (κ1) is 12.8. The molecule has 0 heterocycles. The molecule has 0 unspecified atom stereocenters. The van der Waals surface area contributed by atoms with E-state index in [-0.39, 0.29) is 11.0 Å². The van der Waals surface area contributed by atoms with Gasteiger partial charge in [-0.15, -0.1) is 0 Å². The Hall–Kier alpha value is -1.23. The van der Waals surface area contributed by atoms with Crippen molar-refractivity contribution in [1.82, 2.24) is 0 Å². The van der Waals surface area contributed by atoms with Crippen molar-refractivity contribution in [1.29, 1.82) is 0 Å². The fourth-order valence-corrected chi connectivity index (χ4v) is 2.07. The maximum atomic E-state index is 10.9. The average Bonchev–Trinajstić information content (AvgIpc) is 2.25. The molecule has 0 aromatic heterocycles. The van der Waals surface area contributed by atoms with Gasteiger partial charge in [-0.2, -0.15) is 0 Å². The quantitative estimate of drug-likeness (QED) is 0.534. The van der Waals surface area contributed by atoms with Crippen LogP contribution in [0.1, 0.15) is 0 Å². The van der Waals surface area contributed by atoms with Gasteiger partial charge in [-0.05, 0) is 0 Å². The van der Waals surface area contributed by atoms with Crippen molar-refractivity contribution in [2.24, 2.45) is 0 Å². The Morgan fingerprint density at radius 2 is 1.88 bits per heavy atom. The van der Waals surface area contributed by atoms with Crippen molar-refractivity contribution < 1.29 is 26.2 Å². The molecule has 88 valence electrons. The molecule has 2 N–H and O–H groups in total. The van der Waals surface area contributed by atoms with E-state index in [9.17, 15) is 8.53 Å². The third kappa shape index (κ3) is 3.73. The molecule has 0 saturated heterocycles. The molecule has 0 fully saturated rings. The summed E-state index contributed by atoms with van der Waals surface area (Å²) in [5, 5.41) is 0. The number of carbonyl (C=O) groups excluding carboxylic acids is 1. The van der Waals surface area contributed by atoms with E-state index >= 15 is 0 Å². The minimum absolute atomic E-state index is 0.0384. The molecular weight excluding hydrogens is 279 g/mol. The zero-order chi connectivity index (χ0) is 12.2. The first-order chi connectivity index (χ1) is 7.43. The molecule has 7 heteroatoms. The van der Waals surface area contributed by atoms with Gasteiger partial charge in [0.05, 0.1) is 0 Å². The van der Waals surface area contributed by atoms with E-state index in [1.165, 1.54) is 31.4 Å². The van der Waals surface area contributed by atoms with E-state index in [4.69, 9.17) is 12.9 Å². The van der Waals surface area contributed by atoms with Crippen LogP contribution in [-0.4, -0.2) is 42.0 Å². The van der Waals surface area contributed by atoms with E-state index in [1.54, 1.807) is 0 Å². The molecule has 0 atom stereocenters. The second kappa shape index (κ2) is 5.20. The van der Waals surface area contributed by atoms with Crippen LogP contribution in [-0.2, 0) is 13.3 Å². The summed E-state index contributed by atoms with van der Waals surface area (Å²) in [6, 6.07) is 5.32. The summed E-state index contributed by atoms with van der Waals surface area (Å²) in [5.41, 5.74) is 0. The minimum atomic E-state index is -4.83. The van der Waals surface area contributed by atoms with Gasteiger partial charge in [0.25, 0.3) is 0 Å². The van der Waals surface area contributed by atoms with Gasteiger partial charge >= 0.3 is 94.4 Å². The molecule has 0 aliphatic rings. The molecule has 0 bridgehead atoms. The van der Waals surface area contributed by atoms with E-state index in [1.807, 2.05) is 0 Å². The van der Waals surface area contributed by atoms with Crippen LogP contribution in [0, 0.1) is 0 Å². The van der Waals surface area contributed by atoms with Crippen LogP contribution in [0.15, 0.2) is 24.3 Å². The van der Waals surface area contributed by atoms with Crippen LogP contribution in [0.3, 0.4) is 0 Å². The first-order valence-electron chi connectivity index (χ1n) is 4.29. The Bertz CT molecular complexity index is 407. The molecule has 0 aliphatic carbocycles. The topological polar surface area (TPSA) is 93.1 Å². The van der Waals surface area contributed by atoms with Crippen LogP contribution >= 0.6 is 0 Å².